The van der Waals surface area contributed by atoms with E-state index < -0.39 is 5.97 Å². The molecule has 2 aromatic carbocycles. The van der Waals surface area contributed by atoms with Crippen molar-refractivity contribution in [2.75, 3.05) is 14.2 Å². The summed E-state index contributed by atoms with van der Waals surface area (Å²) in [5.74, 6) is -0.0553. The largest absolute Gasteiger partial charge is 0.467 e. The maximum absolute atomic E-state index is 12.2. The standard InChI is InChI=1S/C18H14ClN3O5/c1-24-16-20-17(25-2)22-18(21-16)27-14-9-12(19)8-13(10-14)26-15(23)11-6-4-3-5-7-11/h3-10H,1-2H3. The van der Waals surface area contributed by atoms with Crippen molar-refractivity contribution < 1.29 is 23.7 Å². The average molecular weight is 388 g/mol. The summed E-state index contributed by atoms with van der Waals surface area (Å²) in [6, 6.07) is 13.0. The third-order valence-electron chi connectivity index (χ3n) is 3.21. The number of aromatic nitrogens is 3. The van der Waals surface area contributed by atoms with Gasteiger partial charge in [0.1, 0.15) is 11.5 Å². The first kappa shape index (κ1) is 18.4. The number of rotatable bonds is 6. The zero-order valence-corrected chi connectivity index (χ0v) is 15.1. The molecule has 9 heteroatoms. The zero-order chi connectivity index (χ0) is 19.2. The molecule has 3 aromatic rings. The van der Waals surface area contributed by atoms with Gasteiger partial charge in [0, 0.05) is 11.1 Å². The highest BCUT2D eigenvalue weighted by molar-refractivity contribution is 6.30. The van der Waals surface area contributed by atoms with E-state index in [0.29, 0.717) is 10.6 Å². The first-order valence-corrected chi connectivity index (χ1v) is 8.05. The minimum Gasteiger partial charge on any atom is -0.467 e. The SMILES string of the molecule is COc1nc(OC)nc(Oc2cc(Cl)cc(OC(=O)c3ccccc3)c2)n1. The molecule has 27 heavy (non-hydrogen) atoms. The van der Waals surface area contributed by atoms with Crippen LogP contribution >= 0.6 is 11.6 Å². The number of hydrogen-bond acceptors (Lipinski definition) is 8. The Morgan fingerprint density at radius 2 is 1.44 bits per heavy atom. The van der Waals surface area contributed by atoms with E-state index >= 15 is 0 Å². The lowest BCUT2D eigenvalue weighted by Crippen LogP contribution is -2.08. The lowest BCUT2D eigenvalue weighted by atomic mass is 10.2. The molecule has 0 bridgehead atoms. The maximum Gasteiger partial charge on any atom is 0.343 e. The Morgan fingerprint density at radius 3 is 2.07 bits per heavy atom. The number of halogens is 1. The van der Waals surface area contributed by atoms with Crippen molar-refractivity contribution in [2.45, 2.75) is 0 Å². The molecule has 0 N–H and O–H groups in total. The third-order valence-corrected chi connectivity index (χ3v) is 3.43. The molecule has 138 valence electrons. The Labute approximate surface area is 159 Å². The van der Waals surface area contributed by atoms with Gasteiger partial charge in [0.2, 0.25) is 0 Å². The van der Waals surface area contributed by atoms with Crippen LogP contribution in [0.1, 0.15) is 10.4 Å². The van der Waals surface area contributed by atoms with Crippen LogP contribution in [0.5, 0.6) is 29.5 Å². The summed E-state index contributed by atoms with van der Waals surface area (Å²) in [7, 11) is 2.80. The lowest BCUT2D eigenvalue weighted by molar-refractivity contribution is 0.0734. The zero-order valence-electron chi connectivity index (χ0n) is 14.4. The monoisotopic (exact) mass is 387 g/mol. The van der Waals surface area contributed by atoms with Gasteiger partial charge >= 0.3 is 24.0 Å². The van der Waals surface area contributed by atoms with Gasteiger partial charge in [-0.25, -0.2) is 4.79 Å². The number of methoxy groups -OCH3 is 2. The third kappa shape index (κ3) is 4.83. The van der Waals surface area contributed by atoms with Crippen molar-refractivity contribution in [3.8, 4) is 29.5 Å². The van der Waals surface area contributed by atoms with E-state index in [1.54, 1.807) is 30.3 Å². The van der Waals surface area contributed by atoms with E-state index in [1.807, 2.05) is 0 Å². The molecule has 0 radical (unpaired) electrons. The van der Waals surface area contributed by atoms with E-state index in [9.17, 15) is 4.79 Å². The fourth-order valence-electron chi connectivity index (χ4n) is 2.05. The Bertz CT molecular complexity index is 931. The number of hydrogen-bond donors (Lipinski definition) is 0. The van der Waals surface area contributed by atoms with Gasteiger partial charge in [-0.1, -0.05) is 29.8 Å². The first-order chi connectivity index (χ1) is 13.1. The number of benzene rings is 2. The van der Waals surface area contributed by atoms with Crippen molar-refractivity contribution in [1.82, 2.24) is 15.0 Å². The highest BCUT2D eigenvalue weighted by atomic mass is 35.5. The number of nitrogens with zero attached hydrogens (tertiary/aromatic N) is 3. The van der Waals surface area contributed by atoms with E-state index in [-0.39, 0.29) is 29.5 Å². The maximum atomic E-state index is 12.2. The van der Waals surface area contributed by atoms with Crippen LogP contribution in [-0.4, -0.2) is 35.1 Å². The summed E-state index contributed by atoms with van der Waals surface area (Å²) in [4.78, 5) is 24.0. The molecule has 0 saturated carbocycles. The minimum atomic E-state index is -0.521. The van der Waals surface area contributed by atoms with Crippen molar-refractivity contribution in [2.24, 2.45) is 0 Å². The smallest absolute Gasteiger partial charge is 0.343 e. The Morgan fingerprint density at radius 1 is 0.852 bits per heavy atom. The van der Waals surface area contributed by atoms with Crippen LogP contribution in [0.25, 0.3) is 0 Å². The Hall–Kier alpha value is -3.39. The molecule has 0 aliphatic rings. The van der Waals surface area contributed by atoms with Gasteiger partial charge in [-0.05, 0) is 24.3 Å². The minimum absolute atomic E-state index is 0.0228. The fraction of sp³-hybridized carbons (Fsp3) is 0.111. The first-order valence-electron chi connectivity index (χ1n) is 7.67. The molecule has 0 amide bonds. The number of carbonyl (C=O) groups is 1. The van der Waals surface area contributed by atoms with E-state index in [2.05, 4.69) is 15.0 Å². The van der Waals surface area contributed by atoms with Crippen LogP contribution in [0.4, 0.5) is 0 Å². The normalized spacial score (nSPS) is 10.2. The van der Waals surface area contributed by atoms with Gasteiger partial charge in [-0.2, -0.15) is 0 Å². The Balaban J connectivity index is 1.82. The van der Waals surface area contributed by atoms with Gasteiger partial charge in [0.05, 0.1) is 19.8 Å². The molecule has 0 saturated heterocycles. The number of esters is 1. The van der Waals surface area contributed by atoms with Gasteiger partial charge in [-0.15, -0.1) is 15.0 Å². The van der Waals surface area contributed by atoms with Crippen molar-refractivity contribution in [3.63, 3.8) is 0 Å². The molecule has 1 aromatic heterocycles. The second kappa shape index (κ2) is 8.33. The molecule has 1 heterocycles. The van der Waals surface area contributed by atoms with E-state index in [4.69, 9.17) is 30.5 Å². The number of ether oxygens (including phenoxy) is 4. The van der Waals surface area contributed by atoms with Crippen LogP contribution in [-0.2, 0) is 0 Å². The molecular weight excluding hydrogens is 374 g/mol. The van der Waals surface area contributed by atoms with Crippen molar-refractivity contribution >= 4 is 17.6 Å². The second-order valence-electron chi connectivity index (χ2n) is 5.07. The summed E-state index contributed by atoms with van der Waals surface area (Å²) >= 11 is 6.09. The molecule has 0 aliphatic heterocycles. The second-order valence-corrected chi connectivity index (χ2v) is 5.51. The predicted molar refractivity (Wildman–Crippen MR) is 95.9 cm³/mol. The average Bonchev–Trinajstić information content (AvgIpc) is 2.67. The van der Waals surface area contributed by atoms with Gasteiger partial charge in [0.15, 0.2) is 0 Å². The van der Waals surface area contributed by atoms with Crippen LogP contribution in [0.15, 0.2) is 48.5 Å². The molecule has 0 aliphatic carbocycles. The summed E-state index contributed by atoms with van der Waals surface area (Å²) in [6.45, 7) is 0. The van der Waals surface area contributed by atoms with Gasteiger partial charge in [-0.3, -0.25) is 0 Å². The van der Waals surface area contributed by atoms with Crippen LogP contribution in [0.3, 0.4) is 0 Å². The molecular formula is C18H14ClN3O5. The lowest BCUT2D eigenvalue weighted by Gasteiger charge is -2.09. The molecule has 3 rings (SSSR count). The van der Waals surface area contributed by atoms with Crippen LogP contribution in [0, 0.1) is 0 Å². The van der Waals surface area contributed by atoms with Crippen LogP contribution in [0.2, 0.25) is 5.02 Å². The van der Waals surface area contributed by atoms with E-state index in [0.717, 1.165) is 0 Å². The van der Waals surface area contributed by atoms with E-state index in [1.165, 1.54) is 32.4 Å². The summed E-state index contributed by atoms with van der Waals surface area (Å²) in [6.07, 6.45) is 0. The molecule has 8 nitrogen and oxygen atoms in total. The van der Waals surface area contributed by atoms with Gasteiger partial charge < -0.3 is 18.9 Å². The Kier molecular flexibility index (Phi) is 5.68. The quantitative estimate of drug-likeness (QED) is 0.468. The fourth-order valence-corrected chi connectivity index (χ4v) is 2.26. The topological polar surface area (TPSA) is 92.7 Å². The molecule has 0 spiro atoms. The summed E-state index contributed by atoms with van der Waals surface area (Å²) in [5, 5.41) is 0.302. The highest BCUT2D eigenvalue weighted by Crippen LogP contribution is 2.29. The molecule has 0 unspecified atom stereocenters. The summed E-state index contributed by atoms with van der Waals surface area (Å²) < 4.78 is 20.9. The van der Waals surface area contributed by atoms with Crippen molar-refractivity contribution in [1.29, 1.82) is 0 Å². The number of carbonyl (C=O) groups excluding carboxylic acids is 1. The predicted octanol–water partition coefficient (Wildman–Crippen LogP) is 3.55. The van der Waals surface area contributed by atoms with Crippen LogP contribution < -0.4 is 18.9 Å². The molecule has 0 atom stereocenters. The van der Waals surface area contributed by atoms with Gasteiger partial charge in [0.25, 0.3) is 0 Å². The van der Waals surface area contributed by atoms with Crippen molar-refractivity contribution in [3.05, 3.63) is 59.1 Å². The highest BCUT2D eigenvalue weighted by Gasteiger charge is 2.13. The molecule has 0 fully saturated rings. The summed E-state index contributed by atoms with van der Waals surface area (Å²) in [5.41, 5.74) is 0.409.